The number of nitrogens with one attached hydrogen (secondary N) is 3. The fraction of sp³-hybridized carbons (Fsp3) is 0.0909. The Morgan fingerprint density at radius 2 is 1.64 bits per heavy atom. The van der Waals surface area contributed by atoms with E-state index in [1.54, 1.807) is 12.1 Å². The number of carbonyl (C=O) groups is 2. The molecule has 0 unspecified atom stereocenters. The molecular formula is C22H19ClFN3O5S. The summed E-state index contributed by atoms with van der Waals surface area (Å²) in [5.74, 6) is -1.03. The first-order valence-electron chi connectivity index (χ1n) is 9.44. The monoisotopic (exact) mass is 491 g/mol. The van der Waals surface area contributed by atoms with E-state index in [4.69, 9.17) is 16.3 Å². The van der Waals surface area contributed by atoms with E-state index in [-0.39, 0.29) is 27.1 Å². The van der Waals surface area contributed by atoms with E-state index in [1.807, 2.05) is 0 Å². The van der Waals surface area contributed by atoms with E-state index in [0.29, 0.717) is 17.1 Å². The molecule has 172 valence electrons. The third-order valence-electron chi connectivity index (χ3n) is 4.36. The van der Waals surface area contributed by atoms with Gasteiger partial charge in [-0.3, -0.25) is 14.3 Å². The maximum absolute atomic E-state index is 13.1. The summed E-state index contributed by atoms with van der Waals surface area (Å²) >= 11 is 6.11. The summed E-state index contributed by atoms with van der Waals surface area (Å²) in [5, 5.41) is 5.33. The summed E-state index contributed by atoms with van der Waals surface area (Å²) in [7, 11) is -2.62. The number of halogens is 2. The largest absolute Gasteiger partial charge is 0.495 e. The SMILES string of the molecule is COc1ccc(NC(=O)c2ccc(Cl)c(NS(=O)(=O)c3ccc(F)cc3)c2)cc1NC(C)=O. The molecule has 3 aromatic carbocycles. The van der Waals surface area contributed by atoms with Gasteiger partial charge in [0.1, 0.15) is 11.6 Å². The molecule has 0 atom stereocenters. The number of hydrogen-bond acceptors (Lipinski definition) is 5. The van der Waals surface area contributed by atoms with Crippen molar-refractivity contribution in [3.63, 3.8) is 0 Å². The van der Waals surface area contributed by atoms with Crippen LogP contribution in [0, 0.1) is 5.82 Å². The van der Waals surface area contributed by atoms with Gasteiger partial charge in [0.2, 0.25) is 5.91 Å². The normalized spacial score (nSPS) is 10.9. The van der Waals surface area contributed by atoms with Crippen molar-refractivity contribution in [3.8, 4) is 5.75 Å². The van der Waals surface area contributed by atoms with Crippen LogP contribution in [-0.4, -0.2) is 27.3 Å². The molecule has 0 fully saturated rings. The first-order valence-corrected chi connectivity index (χ1v) is 11.3. The number of ether oxygens (including phenoxy) is 1. The molecule has 0 bridgehead atoms. The van der Waals surface area contributed by atoms with Crippen LogP contribution in [-0.2, 0) is 14.8 Å². The third kappa shape index (κ3) is 5.99. The molecule has 0 aromatic heterocycles. The minimum atomic E-state index is -4.07. The van der Waals surface area contributed by atoms with Crippen LogP contribution in [0.15, 0.2) is 65.6 Å². The average Bonchev–Trinajstić information content (AvgIpc) is 2.75. The fourth-order valence-corrected chi connectivity index (χ4v) is 4.13. The number of carbonyl (C=O) groups excluding carboxylic acids is 2. The Kier molecular flexibility index (Phi) is 7.19. The van der Waals surface area contributed by atoms with Gasteiger partial charge in [0.05, 0.1) is 28.4 Å². The minimum absolute atomic E-state index is 0.0256. The van der Waals surface area contributed by atoms with E-state index in [9.17, 15) is 22.4 Å². The zero-order valence-corrected chi connectivity index (χ0v) is 19.1. The molecule has 0 heterocycles. The van der Waals surface area contributed by atoms with Crippen molar-refractivity contribution in [2.45, 2.75) is 11.8 Å². The van der Waals surface area contributed by atoms with Gasteiger partial charge in [0, 0.05) is 18.2 Å². The molecule has 0 aliphatic heterocycles. The van der Waals surface area contributed by atoms with Crippen molar-refractivity contribution in [1.82, 2.24) is 0 Å². The van der Waals surface area contributed by atoms with Gasteiger partial charge >= 0.3 is 0 Å². The Morgan fingerprint density at radius 1 is 0.939 bits per heavy atom. The molecule has 33 heavy (non-hydrogen) atoms. The smallest absolute Gasteiger partial charge is 0.261 e. The molecule has 8 nitrogen and oxygen atoms in total. The molecule has 0 saturated heterocycles. The Labute approximate surface area is 194 Å². The van der Waals surface area contributed by atoms with Crippen LogP contribution < -0.4 is 20.1 Å². The van der Waals surface area contributed by atoms with Crippen LogP contribution in [0.4, 0.5) is 21.5 Å². The molecule has 0 radical (unpaired) electrons. The number of anilines is 3. The maximum Gasteiger partial charge on any atom is 0.261 e. The minimum Gasteiger partial charge on any atom is -0.495 e. The number of benzene rings is 3. The lowest BCUT2D eigenvalue weighted by molar-refractivity contribution is -0.114. The second-order valence-electron chi connectivity index (χ2n) is 6.80. The summed E-state index contributed by atoms with van der Waals surface area (Å²) in [6, 6.07) is 13.0. The second kappa shape index (κ2) is 9.88. The maximum atomic E-state index is 13.1. The van der Waals surface area contributed by atoms with Gasteiger partial charge in [0.25, 0.3) is 15.9 Å². The van der Waals surface area contributed by atoms with Gasteiger partial charge in [-0.25, -0.2) is 12.8 Å². The quantitative estimate of drug-likeness (QED) is 0.450. The van der Waals surface area contributed by atoms with Gasteiger partial charge < -0.3 is 15.4 Å². The van der Waals surface area contributed by atoms with Crippen molar-refractivity contribution in [2.24, 2.45) is 0 Å². The number of rotatable bonds is 7. The highest BCUT2D eigenvalue weighted by Crippen LogP contribution is 2.29. The van der Waals surface area contributed by atoms with Crippen molar-refractivity contribution in [3.05, 3.63) is 77.1 Å². The van der Waals surface area contributed by atoms with Gasteiger partial charge in [-0.15, -0.1) is 0 Å². The lowest BCUT2D eigenvalue weighted by atomic mass is 10.1. The fourth-order valence-electron chi connectivity index (χ4n) is 2.84. The molecule has 3 aromatic rings. The van der Waals surface area contributed by atoms with Crippen LogP contribution in [0.5, 0.6) is 5.75 Å². The van der Waals surface area contributed by atoms with Crippen LogP contribution in [0.2, 0.25) is 5.02 Å². The molecule has 0 saturated carbocycles. The van der Waals surface area contributed by atoms with E-state index >= 15 is 0 Å². The molecule has 11 heteroatoms. The predicted octanol–water partition coefficient (Wildman–Crippen LogP) is 4.50. The van der Waals surface area contributed by atoms with E-state index < -0.39 is 21.7 Å². The molecule has 0 aliphatic rings. The van der Waals surface area contributed by atoms with E-state index in [1.165, 1.54) is 38.3 Å². The lowest BCUT2D eigenvalue weighted by Crippen LogP contribution is -2.16. The van der Waals surface area contributed by atoms with Crippen LogP contribution in [0.3, 0.4) is 0 Å². The Balaban J connectivity index is 1.83. The Bertz CT molecular complexity index is 1310. The molecule has 0 spiro atoms. The zero-order chi connectivity index (χ0) is 24.2. The lowest BCUT2D eigenvalue weighted by Gasteiger charge is -2.13. The third-order valence-corrected chi connectivity index (χ3v) is 6.08. The summed E-state index contributed by atoms with van der Waals surface area (Å²) in [6.07, 6.45) is 0. The van der Waals surface area contributed by atoms with E-state index in [2.05, 4.69) is 15.4 Å². The highest BCUT2D eigenvalue weighted by atomic mass is 35.5. The predicted molar refractivity (Wildman–Crippen MR) is 124 cm³/mol. The molecular weight excluding hydrogens is 473 g/mol. The van der Waals surface area contributed by atoms with Gasteiger partial charge in [0.15, 0.2) is 0 Å². The van der Waals surface area contributed by atoms with Gasteiger partial charge in [-0.05, 0) is 60.7 Å². The van der Waals surface area contributed by atoms with Crippen LogP contribution in [0.1, 0.15) is 17.3 Å². The highest BCUT2D eigenvalue weighted by Gasteiger charge is 2.18. The summed E-state index contributed by atoms with van der Waals surface area (Å²) in [5.41, 5.74) is 0.829. The first-order chi connectivity index (χ1) is 15.6. The Hall–Kier alpha value is -3.63. The van der Waals surface area contributed by atoms with Gasteiger partial charge in [-0.1, -0.05) is 11.6 Å². The molecule has 0 aliphatic carbocycles. The molecule has 3 rings (SSSR count). The highest BCUT2D eigenvalue weighted by molar-refractivity contribution is 7.92. The number of amides is 2. The van der Waals surface area contributed by atoms with Crippen molar-refractivity contribution in [2.75, 3.05) is 22.5 Å². The average molecular weight is 492 g/mol. The second-order valence-corrected chi connectivity index (χ2v) is 8.89. The topological polar surface area (TPSA) is 114 Å². The standard InChI is InChI=1S/C22H19ClFN3O5S/c1-13(28)25-20-12-16(6-10-21(20)32-2)26-22(29)14-3-9-18(23)19(11-14)27-33(30,31)17-7-4-15(24)5-8-17/h3-12,27H,1-2H3,(H,25,28)(H,26,29). The first kappa shape index (κ1) is 24.0. The van der Waals surface area contributed by atoms with Crippen LogP contribution >= 0.6 is 11.6 Å². The number of hydrogen-bond donors (Lipinski definition) is 3. The van der Waals surface area contributed by atoms with Crippen molar-refractivity contribution in [1.29, 1.82) is 0 Å². The summed E-state index contributed by atoms with van der Waals surface area (Å²) in [6.45, 7) is 1.34. The summed E-state index contributed by atoms with van der Waals surface area (Å²) in [4.78, 5) is 24.0. The van der Waals surface area contributed by atoms with Crippen LogP contribution in [0.25, 0.3) is 0 Å². The Morgan fingerprint density at radius 3 is 2.27 bits per heavy atom. The zero-order valence-electron chi connectivity index (χ0n) is 17.5. The van der Waals surface area contributed by atoms with Crippen molar-refractivity contribution >= 4 is 50.5 Å². The van der Waals surface area contributed by atoms with Crippen molar-refractivity contribution < 1.29 is 27.1 Å². The molecule has 3 N–H and O–H groups in total. The summed E-state index contributed by atoms with van der Waals surface area (Å²) < 4.78 is 45.8. The number of sulfonamides is 1. The number of methoxy groups -OCH3 is 1. The molecule has 2 amide bonds. The van der Waals surface area contributed by atoms with E-state index in [0.717, 1.165) is 24.3 Å². The van der Waals surface area contributed by atoms with Gasteiger partial charge in [-0.2, -0.15) is 0 Å².